The predicted molar refractivity (Wildman–Crippen MR) is 142 cm³/mol. The average molecular weight is 497 g/mol. The summed E-state index contributed by atoms with van der Waals surface area (Å²) in [5.74, 6) is -1.33. The molecule has 5 rings (SSSR count). The molecule has 1 aliphatic rings. The van der Waals surface area contributed by atoms with Crippen LogP contribution in [0.15, 0.2) is 72.4 Å². The second-order valence-corrected chi connectivity index (χ2v) is 9.36. The van der Waals surface area contributed by atoms with Crippen molar-refractivity contribution in [1.82, 2.24) is 9.88 Å². The topological polar surface area (TPSA) is 103 Å². The number of aryl methyl sites for hydroxylation is 2. The summed E-state index contributed by atoms with van der Waals surface area (Å²) in [7, 11) is 1.50. The molecule has 1 fully saturated rings. The van der Waals surface area contributed by atoms with Crippen molar-refractivity contribution in [3.05, 3.63) is 100 Å². The number of amides is 1. The maximum absolute atomic E-state index is 13.4. The SMILES string of the molecule is COc1c(C)cc(C)cc1/C(O)=C1\C(=O)C(=O)N(CCc2c[nH]c3ccccc23)C1c1cccc(O)c1. The van der Waals surface area contributed by atoms with Crippen molar-refractivity contribution < 1.29 is 24.5 Å². The zero-order valence-electron chi connectivity index (χ0n) is 20.9. The Morgan fingerprint density at radius 2 is 1.84 bits per heavy atom. The van der Waals surface area contributed by atoms with Crippen LogP contribution in [0.5, 0.6) is 11.5 Å². The highest BCUT2D eigenvalue weighted by atomic mass is 16.5. The quantitative estimate of drug-likeness (QED) is 0.194. The normalized spacial score (nSPS) is 17.1. The van der Waals surface area contributed by atoms with Gasteiger partial charge in [-0.2, -0.15) is 0 Å². The number of rotatable bonds is 6. The Labute approximate surface area is 214 Å². The molecule has 0 bridgehead atoms. The number of aliphatic hydroxyl groups excluding tert-OH is 1. The molecule has 0 spiro atoms. The second-order valence-electron chi connectivity index (χ2n) is 9.36. The van der Waals surface area contributed by atoms with Crippen LogP contribution < -0.4 is 4.74 Å². The summed E-state index contributed by atoms with van der Waals surface area (Å²) in [6, 6.07) is 17.1. The van der Waals surface area contributed by atoms with Crippen molar-refractivity contribution in [2.45, 2.75) is 26.3 Å². The molecule has 7 nitrogen and oxygen atoms in total. The van der Waals surface area contributed by atoms with Gasteiger partial charge in [0.15, 0.2) is 0 Å². The van der Waals surface area contributed by atoms with Crippen molar-refractivity contribution in [2.75, 3.05) is 13.7 Å². The van der Waals surface area contributed by atoms with Gasteiger partial charge in [-0.05, 0) is 66.8 Å². The van der Waals surface area contributed by atoms with E-state index in [1.54, 1.807) is 18.2 Å². The van der Waals surface area contributed by atoms with Crippen molar-refractivity contribution in [3.8, 4) is 11.5 Å². The first-order valence-corrected chi connectivity index (χ1v) is 12.1. The van der Waals surface area contributed by atoms with E-state index in [0.29, 0.717) is 23.3 Å². The molecule has 4 aromatic rings. The first-order valence-electron chi connectivity index (χ1n) is 12.1. The number of methoxy groups -OCH3 is 1. The van der Waals surface area contributed by atoms with Gasteiger partial charge in [0, 0.05) is 23.6 Å². The Kier molecular flexibility index (Phi) is 6.21. The smallest absolute Gasteiger partial charge is 0.295 e. The van der Waals surface area contributed by atoms with Gasteiger partial charge in [0.05, 0.1) is 24.3 Å². The maximum atomic E-state index is 13.4. The first-order chi connectivity index (χ1) is 17.8. The van der Waals surface area contributed by atoms with E-state index in [1.807, 2.05) is 50.4 Å². The Bertz CT molecular complexity index is 1570. The number of phenols is 1. The van der Waals surface area contributed by atoms with Crippen LogP contribution in [-0.4, -0.2) is 45.4 Å². The number of fused-ring (bicyclic) bond motifs is 1. The van der Waals surface area contributed by atoms with Crippen LogP contribution in [0.1, 0.15) is 33.9 Å². The molecule has 1 unspecified atom stereocenters. The Hall–Kier alpha value is -4.52. The van der Waals surface area contributed by atoms with Crippen LogP contribution in [0.4, 0.5) is 0 Å². The highest BCUT2D eigenvalue weighted by molar-refractivity contribution is 6.46. The molecule has 1 saturated heterocycles. The monoisotopic (exact) mass is 496 g/mol. The molecule has 1 atom stereocenters. The first kappa shape index (κ1) is 24.2. The van der Waals surface area contributed by atoms with Gasteiger partial charge in [-0.25, -0.2) is 0 Å². The number of para-hydroxylation sites is 1. The zero-order valence-corrected chi connectivity index (χ0v) is 20.9. The number of likely N-dealkylation sites (tertiary alicyclic amines) is 1. The number of aromatic hydroxyl groups is 1. The fourth-order valence-electron chi connectivity index (χ4n) is 5.28. The van der Waals surface area contributed by atoms with E-state index >= 15 is 0 Å². The second kappa shape index (κ2) is 9.50. The number of aromatic nitrogens is 1. The number of aliphatic hydroxyl groups is 1. The minimum atomic E-state index is -0.872. The number of nitrogens with zero attached hydrogens (tertiary/aromatic N) is 1. The van der Waals surface area contributed by atoms with Gasteiger partial charge in [-0.15, -0.1) is 0 Å². The minimum absolute atomic E-state index is 0.00342. The molecule has 0 radical (unpaired) electrons. The summed E-state index contributed by atoms with van der Waals surface area (Å²) in [5.41, 5.74) is 4.53. The minimum Gasteiger partial charge on any atom is -0.508 e. The molecule has 37 heavy (non-hydrogen) atoms. The number of aromatic amines is 1. The summed E-state index contributed by atoms with van der Waals surface area (Å²) in [6.07, 6.45) is 2.41. The van der Waals surface area contributed by atoms with E-state index in [4.69, 9.17) is 4.74 Å². The molecular formula is C30H28N2O5. The molecule has 3 N–H and O–H groups in total. The number of benzene rings is 3. The van der Waals surface area contributed by atoms with Gasteiger partial charge < -0.3 is 24.8 Å². The van der Waals surface area contributed by atoms with Gasteiger partial charge in [0.25, 0.3) is 11.7 Å². The predicted octanol–water partition coefficient (Wildman–Crippen LogP) is 5.16. The van der Waals surface area contributed by atoms with E-state index in [-0.39, 0.29) is 23.6 Å². The number of Topliss-reactive ketones (excluding diaryl/α,β-unsaturated/α-hetero) is 1. The van der Waals surface area contributed by atoms with Crippen molar-refractivity contribution in [1.29, 1.82) is 0 Å². The number of ether oxygens (including phenoxy) is 1. The molecule has 2 heterocycles. The van der Waals surface area contributed by atoms with Crippen molar-refractivity contribution in [2.24, 2.45) is 0 Å². The average Bonchev–Trinajstić information content (AvgIpc) is 3.40. The van der Waals surface area contributed by atoms with Crippen LogP contribution >= 0.6 is 0 Å². The number of hydrogen-bond acceptors (Lipinski definition) is 5. The number of nitrogens with one attached hydrogen (secondary N) is 1. The third kappa shape index (κ3) is 4.22. The summed E-state index contributed by atoms with van der Waals surface area (Å²) < 4.78 is 5.55. The Balaban J connectivity index is 1.63. The number of H-pyrrole nitrogens is 1. The van der Waals surface area contributed by atoms with Gasteiger partial charge in [0.2, 0.25) is 0 Å². The van der Waals surface area contributed by atoms with Crippen molar-refractivity contribution in [3.63, 3.8) is 0 Å². The van der Waals surface area contributed by atoms with Gasteiger partial charge in [0.1, 0.15) is 17.3 Å². The molecule has 7 heteroatoms. The molecule has 188 valence electrons. The van der Waals surface area contributed by atoms with Crippen LogP contribution in [-0.2, 0) is 16.0 Å². The zero-order chi connectivity index (χ0) is 26.3. The molecule has 1 aliphatic heterocycles. The lowest BCUT2D eigenvalue weighted by Crippen LogP contribution is -2.31. The Morgan fingerprint density at radius 1 is 1.05 bits per heavy atom. The van der Waals surface area contributed by atoms with E-state index in [0.717, 1.165) is 27.6 Å². The Morgan fingerprint density at radius 3 is 2.59 bits per heavy atom. The lowest BCUT2D eigenvalue weighted by molar-refractivity contribution is -0.139. The number of phenolic OH excluding ortho intramolecular Hbond substituents is 1. The fourth-order valence-corrected chi connectivity index (χ4v) is 5.28. The van der Waals surface area contributed by atoms with Gasteiger partial charge >= 0.3 is 0 Å². The van der Waals surface area contributed by atoms with E-state index in [2.05, 4.69) is 4.98 Å². The fraction of sp³-hybridized carbons (Fsp3) is 0.200. The molecular weight excluding hydrogens is 468 g/mol. The van der Waals surface area contributed by atoms with Crippen LogP contribution in [0, 0.1) is 13.8 Å². The van der Waals surface area contributed by atoms with Gasteiger partial charge in [-0.1, -0.05) is 36.4 Å². The summed E-state index contributed by atoms with van der Waals surface area (Å²) in [5, 5.41) is 22.8. The van der Waals surface area contributed by atoms with E-state index < -0.39 is 17.7 Å². The van der Waals surface area contributed by atoms with E-state index in [1.165, 1.54) is 24.1 Å². The lowest BCUT2D eigenvalue weighted by atomic mass is 9.93. The third-order valence-electron chi connectivity index (χ3n) is 6.90. The molecule has 3 aromatic carbocycles. The summed E-state index contributed by atoms with van der Waals surface area (Å²) in [6.45, 7) is 3.98. The third-order valence-corrected chi connectivity index (χ3v) is 6.90. The molecule has 0 aliphatic carbocycles. The van der Waals surface area contributed by atoms with Crippen LogP contribution in [0.2, 0.25) is 0 Å². The summed E-state index contributed by atoms with van der Waals surface area (Å²) >= 11 is 0. The standard InChI is InChI=1S/C30H28N2O5/c1-17-13-18(2)29(37-3)23(14-17)27(34)25-26(19-7-6-8-21(33)15-19)32(30(36)28(25)35)12-11-20-16-31-24-10-5-4-9-22(20)24/h4-10,13-16,26,31,33-34H,11-12H2,1-3H3/b27-25+. The number of ketones is 1. The number of carbonyl (C=O) groups is 2. The highest BCUT2D eigenvalue weighted by Gasteiger charge is 2.46. The molecule has 1 aromatic heterocycles. The molecule has 0 saturated carbocycles. The number of carbonyl (C=O) groups excluding carboxylic acids is 2. The van der Waals surface area contributed by atoms with Crippen molar-refractivity contribution >= 4 is 28.4 Å². The highest BCUT2D eigenvalue weighted by Crippen LogP contribution is 2.42. The lowest BCUT2D eigenvalue weighted by Gasteiger charge is -2.25. The van der Waals surface area contributed by atoms with Crippen LogP contribution in [0.25, 0.3) is 16.7 Å². The summed E-state index contributed by atoms with van der Waals surface area (Å²) in [4.78, 5) is 31.5. The van der Waals surface area contributed by atoms with Gasteiger partial charge in [-0.3, -0.25) is 9.59 Å². The largest absolute Gasteiger partial charge is 0.508 e. The van der Waals surface area contributed by atoms with E-state index in [9.17, 15) is 19.8 Å². The molecule has 1 amide bonds. The van der Waals surface area contributed by atoms with Crippen LogP contribution in [0.3, 0.4) is 0 Å². The maximum Gasteiger partial charge on any atom is 0.295 e. The number of hydrogen-bond donors (Lipinski definition) is 3.